The molecule has 0 bridgehead atoms. The van der Waals surface area contributed by atoms with E-state index in [9.17, 15) is 8.42 Å². The summed E-state index contributed by atoms with van der Waals surface area (Å²) in [6.45, 7) is 4.18. The van der Waals surface area contributed by atoms with Crippen LogP contribution in [0.3, 0.4) is 0 Å². The van der Waals surface area contributed by atoms with Crippen molar-refractivity contribution in [2.24, 2.45) is 0 Å². The highest BCUT2D eigenvalue weighted by Crippen LogP contribution is 2.24. The summed E-state index contributed by atoms with van der Waals surface area (Å²) in [5.41, 5.74) is 0. The predicted octanol–water partition coefficient (Wildman–Crippen LogP) is 2.21. The van der Waals surface area contributed by atoms with E-state index in [2.05, 4.69) is 20.0 Å². The van der Waals surface area contributed by atoms with Gasteiger partial charge in [-0.2, -0.15) is 4.98 Å². The van der Waals surface area contributed by atoms with Gasteiger partial charge >= 0.3 is 6.01 Å². The molecule has 10 heteroatoms. The van der Waals surface area contributed by atoms with Crippen LogP contribution in [0.1, 0.15) is 9.75 Å². The van der Waals surface area contributed by atoms with Gasteiger partial charge in [-0.1, -0.05) is 11.6 Å². The minimum absolute atomic E-state index is 0.182. The first-order valence-electron chi connectivity index (χ1n) is 6.70. The molecule has 0 amide bonds. The molecule has 126 valence electrons. The molecule has 7 nitrogen and oxygen atoms in total. The first-order chi connectivity index (χ1) is 10.8. The maximum Gasteiger partial charge on any atom is 0.318 e. The van der Waals surface area contributed by atoms with E-state index in [1.54, 1.807) is 13.0 Å². The number of rotatable bonds is 7. The third-order valence-corrected chi connectivity index (χ3v) is 5.86. The number of hydrogen-bond acceptors (Lipinski definition) is 7. The molecule has 0 aliphatic heterocycles. The molecule has 0 fully saturated rings. The summed E-state index contributed by atoms with van der Waals surface area (Å²) in [6, 6.07) is 1.85. The Morgan fingerprint density at radius 3 is 2.70 bits per heavy atom. The molecule has 0 aromatic carbocycles. The van der Waals surface area contributed by atoms with Crippen molar-refractivity contribution >= 4 is 38.8 Å². The van der Waals surface area contributed by atoms with Gasteiger partial charge in [-0.25, -0.2) is 18.1 Å². The summed E-state index contributed by atoms with van der Waals surface area (Å²) in [5.74, 6) is 0.389. The number of methoxy groups -OCH3 is 1. The molecule has 0 atom stereocenters. The summed E-state index contributed by atoms with van der Waals surface area (Å²) in [4.78, 5) is 9.96. The summed E-state index contributed by atoms with van der Waals surface area (Å²) in [6.07, 6.45) is 1.41. The number of halogens is 1. The molecule has 23 heavy (non-hydrogen) atoms. The first kappa shape index (κ1) is 17.9. The van der Waals surface area contributed by atoms with Crippen molar-refractivity contribution in [3.05, 3.63) is 27.0 Å². The van der Waals surface area contributed by atoms with Crippen molar-refractivity contribution in [3.8, 4) is 6.01 Å². The highest BCUT2D eigenvalue weighted by atomic mass is 35.5. The molecule has 0 radical (unpaired) electrons. The Labute approximate surface area is 144 Å². The predicted molar refractivity (Wildman–Crippen MR) is 91.1 cm³/mol. The Morgan fingerprint density at radius 2 is 2.09 bits per heavy atom. The monoisotopic (exact) mass is 376 g/mol. The second kappa shape index (κ2) is 7.43. The Bertz CT molecular complexity index is 793. The molecular formula is C13H17ClN4O3S2. The molecule has 0 saturated carbocycles. The molecule has 0 unspecified atom stereocenters. The largest absolute Gasteiger partial charge is 0.467 e. The number of ether oxygens (including phenoxy) is 1. The Balaban J connectivity index is 1.94. The quantitative estimate of drug-likeness (QED) is 0.719. The van der Waals surface area contributed by atoms with Crippen molar-refractivity contribution < 1.29 is 13.2 Å². The Morgan fingerprint density at radius 1 is 1.35 bits per heavy atom. The van der Waals surface area contributed by atoms with Gasteiger partial charge in [-0.05, 0) is 19.9 Å². The number of sulfonamides is 1. The third-order valence-electron chi connectivity index (χ3n) is 2.90. The zero-order chi connectivity index (χ0) is 17.0. The minimum atomic E-state index is -3.52. The Hall–Kier alpha value is -1.42. The standard InChI is InChI=1S/C13H17ClN4O3S2/c1-8-6-11(9(2)22-8)23(19,20)17-5-4-15-12-10(14)7-16-13(18-12)21-3/h6-7,17H,4-5H2,1-3H3,(H,15,16,18). The van der Waals surface area contributed by atoms with Gasteiger partial charge in [0, 0.05) is 22.8 Å². The maximum absolute atomic E-state index is 12.2. The smallest absolute Gasteiger partial charge is 0.318 e. The van der Waals surface area contributed by atoms with Crippen molar-refractivity contribution in [2.45, 2.75) is 18.7 Å². The van der Waals surface area contributed by atoms with Crippen LogP contribution in [-0.4, -0.2) is 38.6 Å². The van der Waals surface area contributed by atoms with Crippen molar-refractivity contribution in [1.29, 1.82) is 0 Å². The van der Waals surface area contributed by atoms with Gasteiger partial charge in [0.1, 0.15) is 5.02 Å². The lowest BCUT2D eigenvalue weighted by atomic mass is 10.4. The summed E-state index contributed by atoms with van der Waals surface area (Å²) < 4.78 is 31.9. The van der Waals surface area contributed by atoms with Crippen LogP contribution in [0.25, 0.3) is 0 Å². The number of thiophene rings is 1. The topological polar surface area (TPSA) is 93.2 Å². The van der Waals surface area contributed by atoms with Crippen molar-refractivity contribution in [3.63, 3.8) is 0 Å². The van der Waals surface area contributed by atoms with Crippen LogP contribution in [0.5, 0.6) is 6.01 Å². The van der Waals surface area contributed by atoms with E-state index >= 15 is 0 Å². The molecule has 0 aliphatic carbocycles. The normalized spacial score (nSPS) is 11.5. The molecule has 2 aromatic rings. The van der Waals surface area contributed by atoms with E-state index in [4.69, 9.17) is 16.3 Å². The number of anilines is 1. The van der Waals surface area contributed by atoms with E-state index in [1.165, 1.54) is 24.6 Å². The number of aryl methyl sites for hydroxylation is 2. The van der Waals surface area contributed by atoms with Crippen molar-refractivity contribution in [1.82, 2.24) is 14.7 Å². The fourth-order valence-electron chi connectivity index (χ4n) is 1.89. The van der Waals surface area contributed by atoms with E-state index in [-0.39, 0.29) is 12.6 Å². The second-order valence-corrected chi connectivity index (χ2v) is 8.26. The van der Waals surface area contributed by atoms with Crippen LogP contribution in [0.2, 0.25) is 5.02 Å². The van der Waals surface area contributed by atoms with Crippen LogP contribution in [0.4, 0.5) is 5.82 Å². The lowest BCUT2D eigenvalue weighted by molar-refractivity contribution is 0.380. The van der Waals surface area contributed by atoms with Crippen molar-refractivity contribution in [2.75, 3.05) is 25.5 Å². The van der Waals surface area contributed by atoms with Gasteiger partial charge in [0.05, 0.1) is 18.2 Å². The van der Waals surface area contributed by atoms with Gasteiger partial charge in [0.15, 0.2) is 5.82 Å². The average molecular weight is 377 g/mol. The van der Waals surface area contributed by atoms with Crippen LogP contribution in [-0.2, 0) is 10.0 Å². The van der Waals surface area contributed by atoms with Crippen LogP contribution < -0.4 is 14.8 Å². The zero-order valence-corrected chi connectivity index (χ0v) is 15.3. The van der Waals surface area contributed by atoms with E-state index < -0.39 is 10.0 Å². The fraction of sp³-hybridized carbons (Fsp3) is 0.385. The van der Waals surface area contributed by atoms with Crippen LogP contribution in [0, 0.1) is 13.8 Å². The lowest BCUT2D eigenvalue weighted by Gasteiger charge is -2.09. The molecule has 0 spiro atoms. The van der Waals surface area contributed by atoms with Gasteiger partial charge in [-0.15, -0.1) is 11.3 Å². The lowest BCUT2D eigenvalue weighted by Crippen LogP contribution is -2.29. The molecule has 2 aromatic heterocycles. The molecule has 0 aliphatic rings. The van der Waals surface area contributed by atoms with E-state index in [1.807, 2.05) is 6.92 Å². The molecule has 2 rings (SSSR count). The number of nitrogens with zero attached hydrogens (tertiary/aromatic N) is 2. The Kier molecular flexibility index (Phi) is 5.79. The van der Waals surface area contributed by atoms with Gasteiger partial charge in [0.2, 0.25) is 10.0 Å². The number of nitrogens with one attached hydrogen (secondary N) is 2. The van der Waals surface area contributed by atoms with Gasteiger partial charge in [0.25, 0.3) is 0 Å². The molecule has 0 saturated heterocycles. The SMILES string of the molecule is COc1ncc(Cl)c(NCCNS(=O)(=O)c2cc(C)sc2C)n1. The molecule has 2 heterocycles. The zero-order valence-electron chi connectivity index (χ0n) is 12.9. The first-order valence-corrected chi connectivity index (χ1v) is 9.38. The minimum Gasteiger partial charge on any atom is -0.467 e. The summed E-state index contributed by atoms with van der Waals surface area (Å²) in [5, 5.41) is 3.28. The summed E-state index contributed by atoms with van der Waals surface area (Å²) in [7, 11) is -2.07. The number of aromatic nitrogens is 2. The fourth-order valence-corrected chi connectivity index (χ4v) is 4.63. The van der Waals surface area contributed by atoms with Crippen LogP contribution in [0.15, 0.2) is 17.2 Å². The van der Waals surface area contributed by atoms with E-state index in [0.717, 1.165) is 9.75 Å². The summed E-state index contributed by atoms with van der Waals surface area (Å²) >= 11 is 7.42. The molecular weight excluding hydrogens is 360 g/mol. The van der Waals surface area contributed by atoms with Gasteiger partial charge < -0.3 is 10.1 Å². The highest BCUT2D eigenvalue weighted by molar-refractivity contribution is 7.89. The highest BCUT2D eigenvalue weighted by Gasteiger charge is 2.18. The molecule has 2 N–H and O–H groups in total. The van der Waals surface area contributed by atoms with Crippen LogP contribution >= 0.6 is 22.9 Å². The maximum atomic E-state index is 12.2. The third kappa shape index (κ3) is 4.54. The van der Waals surface area contributed by atoms with Gasteiger partial charge in [-0.3, -0.25) is 0 Å². The number of hydrogen-bond donors (Lipinski definition) is 2. The van der Waals surface area contributed by atoms with E-state index in [0.29, 0.717) is 22.3 Å². The second-order valence-electron chi connectivity index (χ2n) is 4.66. The average Bonchev–Trinajstić information content (AvgIpc) is 2.85.